The van der Waals surface area contributed by atoms with Gasteiger partial charge in [0.2, 0.25) is 0 Å². The van der Waals surface area contributed by atoms with Crippen molar-refractivity contribution in [3.8, 4) is 0 Å². The van der Waals surface area contributed by atoms with E-state index in [0.717, 1.165) is 15.7 Å². The second-order valence-corrected chi connectivity index (χ2v) is 6.56. The highest BCUT2D eigenvalue weighted by Gasteiger charge is 2.25. The summed E-state index contributed by atoms with van der Waals surface area (Å²) < 4.78 is 6.03. The van der Waals surface area contributed by atoms with E-state index in [-0.39, 0.29) is 5.91 Å². The lowest BCUT2D eigenvalue weighted by Gasteiger charge is -2.19. The van der Waals surface area contributed by atoms with Crippen molar-refractivity contribution >= 4 is 33.5 Å². The van der Waals surface area contributed by atoms with Crippen LogP contribution in [0.3, 0.4) is 0 Å². The van der Waals surface area contributed by atoms with Crippen molar-refractivity contribution in [2.45, 2.75) is 27.7 Å². The van der Waals surface area contributed by atoms with E-state index in [1.807, 2.05) is 25.1 Å². The molecule has 1 aromatic heterocycles. The molecule has 0 spiro atoms. The molecule has 0 aliphatic rings. The fourth-order valence-electron chi connectivity index (χ4n) is 2.75. The van der Waals surface area contributed by atoms with Crippen LogP contribution >= 0.6 is 15.9 Å². The number of ether oxygens (including phenoxy) is 1. The molecule has 0 unspecified atom stereocenters. The number of hydrogen-bond acceptors (Lipinski definition) is 3. The monoisotopic (exact) mass is 392 g/mol. The molecule has 0 aliphatic carbocycles. The van der Waals surface area contributed by atoms with Crippen LogP contribution in [0.25, 0.3) is 0 Å². The van der Waals surface area contributed by atoms with Gasteiger partial charge < -0.3 is 14.6 Å². The van der Waals surface area contributed by atoms with Crippen LogP contribution in [0.1, 0.15) is 44.6 Å². The van der Waals surface area contributed by atoms with Gasteiger partial charge >= 0.3 is 5.97 Å². The zero-order chi connectivity index (χ0) is 18.0. The number of carbonyl (C=O) groups is 2. The summed E-state index contributed by atoms with van der Waals surface area (Å²) in [5.74, 6) is -0.609. The normalized spacial score (nSPS) is 10.6. The zero-order valence-corrected chi connectivity index (χ0v) is 16.1. The number of aromatic amines is 1. The lowest BCUT2D eigenvalue weighted by molar-refractivity contribution is 0.0525. The molecule has 1 N–H and O–H groups in total. The summed E-state index contributed by atoms with van der Waals surface area (Å²) >= 11 is 3.42. The topological polar surface area (TPSA) is 62.4 Å². The first-order chi connectivity index (χ1) is 11.3. The Morgan fingerprint density at radius 2 is 1.92 bits per heavy atom. The van der Waals surface area contributed by atoms with E-state index in [1.54, 1.807) is 32.7 Å². The van der Waals surface area contributed by atoms with E-state index in [9.17, 15) is 9.59 Å². The van der Waals surface area contributed by atoms with Gasteiger partial charge in [-0.15, -0.1) is 0 Å². The van der Waals surface area contributed by atoms with Crippen molar-refractivity contribution in [3.05, 3.63) is 50.8 Å². The second-order valence-electron chi connectivity index (χ2n) is 5.64. The summed E-state index contributed by atoms with van der Waals surface area (Å²) in [6.07, 6.45) is 0. The van der Waals surface area contributed by atoms with Gasteiger partial charge in [-0.05, 0) is 57.0 Å². The van der Waals surface area contributed by atoms with Gasteiger partial charge in [0.15, 0.2) is 0 Å². The van der Waals surface area contributed by atoms with Crippen molar-refractivity contribution in [2.75, 3.05) is 18.6 Å². The van der Waals surface area contributed by atoms with Crippen molar-refractivity contribution < 1.29 is 14.3 Å². The van der Waals surface area contributed by atoms with Crippen molar-refractivity contribution in [2.24, 2.45) is 0 Å². The summed E-state index contributed by atoms with van der Waals surface area (Å²) in [5.41, 5.74) is 3.87. The molecular formula is C18H21BrN2O3. The fourth-order valence-corrected chi connectivity index (χ4v) is 3.22. The van der Waals surface area contributed by atoms with Gasteiger partial charge in [-0.2, -0.15) is 0 Å². The van der Waals surface area contributed by atoms with Crippen LogP contribution in [0.15, 0.2) is 22.7 Å². The molecule has 5 nitrogen and oxygen atoms in total. The maximum atomic E-state index is 12.9. The van der Waals surface area contributed by atoms with E-state index in [1.165, 1.54) is 0 Å². The molecule has 24 heavy (non-hydrogen) atoms. The van der Waals surface area contributed by atoms with Gasteiger partial charge in [0.05, 0.1) is 12.2 Å². The van der Waals surface area contributed by atoms with Crippen LogP contribution in [0.2, 0.25) is 0 Å². The number of aryl methyl sites for hydroxylation is 2. The standard InChI is InChI=1S/C18H21BrN2O3/c1-6-24-18(23)15-11(3)16(20-12(15)4)17(22)21(5)14-8-7-13(19)9-10(14)2/h7-9,20H,6H2,1-5H3. The average Bonchev–Trinajstić information content (AvgIpc) is 2.81. The summed E-state index contributed by atoms with van der Waals surface area (Å²) in [4.78, 5) is 29.6. The average molecular weight is 393 g/mol. The third-order valence-electron chi connectivity index (χ3n) is 3.96. The first kappa shape index (κ1) is 18.3. The predicted octanol–water partition coefficient (Wildman–Crippen LogP) is 4.16. The summed E-state index contributed by atoms with van der Waals surface area (Å²) in [5, 5.41) is 0. The predicted molar refractivity (Wildman–Crippen MR) is 97.8 cm³/mol. The minimum atomic E-state index is -0.412. The molecule has 0 atom stereocenters. The van der Waals surface area contributed by atoms with Crippen LogP contribution in [0.5, 0.6) is 0 Å². The van der Waals surface area contributed by atoms with E-state index in [4.69, 9.17) is 4.74 Å². The molecular weight excluding hydrogens is 372 g/mol. The van der Waals surface area contributed by atoms with E-state index in [2.05, 4.69) is 20.9 Å². The van der Waals surface area contributed by atoms with Crippen LogP contribution in [0, 0.1) is 20.8 Å². The summed E-state index contributed by atoms with van der Waals surface area (Å²) in [7, 11) is 1.72. The maximum absolute atomic E-state index is 12.9. The Labute approximate surface area is 150 Å². The first-order valence-corrected chi connectivity index (χ1v) is 8.47. The van der Waals surface area contributed by atoms with Crippen LogP contribution in [-0.2, 0) is 4.74 Å². The molecule has 1 heterocycles. The largest absolute Gasteiger partial charge is 0.462 e. The molecule has 2 aromatic rings. The Morgan fingerprint density at radius 3 is 2.50 bits per heavy atom. The number of nitrogens with zero attached hydrogens (tertiary/aromatic N) is 1. The Morgan fingerprint density at radius 1 is 1.25 bits per heavy atom. The van der Waals surface area contributed by atoms with Gasteiger partial charge in [-0.1, -0.05) is 15.9 Å². The van der Waals surface area contributed by atoms with Crippen LogP contribution in [0.4, 0.5) is 5.69 Å². The Kier molecular flexibility index (Phi) is 5.49. The molecule has 0 saturated heterocycles. The summed E-state index contributed by atoms with van der Waals surface area (Å²) in [6, 6.07) is 5.73. The molecule has 0 aliphatic heterocycles. The Bertz CT molecular complexity index is 796. The molecule has 0 radical (unpaired) electrons. The third kappa shape index (κ3) is 3.38. The fraction of sp³-hybridized carbons (Fsp3) is 0.333. The van der Waals surface area contributed by atoms with E-state index >= 15 is 0 Å². The highest BCUT2D eigenvalue weighted by Crippen LogP contribution is 2.26. The Balaban J connectivity index is 2.39. The molecule has 0 bridgehead atoms. The highest BCUT2D eigenvalue weighted by molar-refractivity contribution is 9.10. The van der Waals surface area contributed by atoms with Crippen LogP contribution < -0.4 is 4.90 Å². The number of esters is 1. The van der Waals surface area contributed by atoms with Gasteiger partial charge in [-0.25, -0.2) is 4.79 Å². The van der Waals surface area contributed by atoms with Gasteiger partial charge in [0.1, 0.15) is 5.69 Å². The summed E-state index contributed by atoms with van der Waals surface area (Å²) in [6.45, 7) is 7.52. The zero-order valence-electron chi connectivity index (χ0n) is 14.5. The minimum Gasteiger partial charge on any atom is -0.462 e. The maximum Gasteiger partial charge on any atom is 0.340 e. The van der Waals surface area contributed by atoms with E-state index in [0.29, 0.717) is 29.1 Å². The molecule has 6 heteroatoms. The SMILES string of the molecule is CCOC(=O)c1c(C)[nH]c(C(=O)N(C)c2ccc(Br)cc2C)c1C. The molecule has 128 valence electrons. The van der Waals surface area contributed by atoms with Crippen molar-refractivity contribution in [1.82, 2.24) is 4.98 Å². The number of halogens is 1. The molecule has 2 rings (SSSR count). The number of aromatic nitrogens is 1. The second kappa shape index (κ2) is 7.21. The lowest BCUT2D eigenvalue weighted by atomic mass is 10.1. The number of nitrogens with one attached hydrogen (secondary N) is 1. The highest BCUT2D eigenvalue weighted by atomic mass is 79.9. The minimum absolute atomic E-state index is 0.198. The quantitative estimate of drug-likeness (QED) is 0.794. The smallest absolute Gasteiger partial charge is 0.340 e. The van der Waals surface area contributed by atoms with Gasteiger partial charge in [0.25, 0.3) is 5.91 Å². The number of hydrogen-bond donors (Lipinski definition) is 1. The molecule has 1 aromatic carbocycles. The molecule has 0 saturated carbocycles. The van der Waals surface area contributed by atoms with Gasteiger partial charge in [-0.3, -0.25) is 4.79 Å². The number of H-pyrrole nitrogens is 1. The number of anilines is 1. The van der Waals surface area contributed by atoms with Crippen molar-refractivity contribution in [3.63, 3.8) is 0 Å². The van der Waals surface area contributed by atoms with E-state index < -0.39 is 5.97 Å². The number of rotatable bonds is 4. The van der Waals surface area contributed by atoms with Crippen molar-refractivity contribution in [1.29, 1.82) is 0 Å². The Hall–Kier alpha value is -2.08. The third-order valence-corrected chi connectivity index (χ3v) is 4.45. The molecule has 1 amide bonds. The first-order valence-electron chi connectivity index (χ1n) is 7.68. The van der Waals surface area contributed by atoms with Gasteiger partial charge in [0, 0.05) is 22.9 Å². The number of carbonyl (C=O) groups excluding carboxylic acids is 2. The lowest BCUT2D eigenvalue weighted by Crippen LogP contribution is -2.28. The molecule has 0 fully saturated rings. The van der Waals surface area contributed by atoms with Crippen LogP contribution in [-0.4, -0.2) is 30.5 Å². The number of benzene rings is 1. The number of amides is 1.